The largest absolute Gasteiger partial charge is 0.481 e. The maximum atomic E-state index is 10.2. The Morgan fingerprint density at radius 2 is 1.53 bits per heavy atom. The molecule has 0 aliphatic carbocycles. The molecule has 0 aromatic rings. The first kappa shape index (κ1) is 14.2. The van der Waals surface area contributed by atoms with Crippen LogP contribution in [0.2, 0.25) is 0 Å². The lowest BCUT2D eigenvalue weighted by molar-refractivity contribution is -0.136. The summed E-state index contributed by atoms with van der Waals surface area (Å²) in [6.07, 6.45) is 11.5. The molecule has 0 aliphatic rings. The standard InChI is InChI=1S/C12H22O3/c13-11-9-7-5-3-1-2-4-6-8-10-12(14)15/h6,8,13H,1-5,7,9-11H2,(H,14,15)/b8-6-. The number of aliphatic hydroxyl groups excluding tert-OH is 1. The van der Waals surface area contributed by atoms with Crippen molar-refractivity contribution in [3.8, 4) is 0 Å². The van der Waals surface area contributed by atoms with Crippen LogP contribution < -0.4 is 0 Å². The highest BCUT2D eigenvalue weighted by Gasteiger charge is 1.91. The summed E-state index contributed by atoms with van der Waals surface area (Å²) < 4.78 is 0. The summed E-state index contributed by atoms with van der Waals surface area (Å²) in [6.45, 7) is 0.303. The second-order valence-electron chi connectivity index (χ2n) is 3.70. The fourth-order valence-electron chi connectivity index (χ4n) is 1.38. The van der Waals surface area contributed by atoms with Crippen molar-refractivity contribution < 1.29 is 15.0 Å². The highest BCUT2D eigenvalue weighted by Crippen LogP contribution is 2.07. The van der Waals surface area contributed by atoms with Gasteiger partial charge in [0.05, 0.1) is 6.42 Å². The lowest BCUT2D eigenvalue weighted by Crippen LogP contribution is -1.89. The van der Waals surface area contributed by atoms with Crippen LogP contribution in [0.5, 0.6) is 0 Å². The van der Waals surface area contributed by atoms with Gasteiger partial charge in [-0.1, -0.05) is 37.8 Å². The number of rotatable bonds is 10. The Morgan fingerprint density at radius 3 is 2.13 bits per heavy atom. The van der Waals surface area contributed by atoms with Gasteiger partial charge in [-0.15, -0.1) is 0 Å². The number of aliphatic hydroxyl groups is 1. The number of aliphatic carboxylic acids is 1. The molecule has 0 heterocycles. The predicted octanol–water partition coefficient (Wildman–Crippen LogP) is 2.74. The Morgan fingerprint density at radius 1 is 0.933 bits per heavy atom. The number of carbonyl (C=O) groups is 1. The van der Waals surface area contributed by atoms with Gasteiger partial charge in [0, 0.05) is 6.61 Å². The molecule has 0 rings (SSSR count). The van der Waals surface area contributed by atoms with Gasteiger partial charge in [0.15, 0.2) is 0 Å². The average Bonchev–Trinajstić information content (AvgIpc) is 2.20. The monoisotopic (exact) mass is 214 g/mol. The fraction of sp³-hybridized carbons (Fsp3) is 0.750. The number of hydrogen-bond donors (Lipinski definition) is 2. The smallest absolute Gasteiger partial charge is 0.307 e. The lowest BCUT2D eigenvalue weighted by atomic mass is 10.1. The SMILES string of the molecule is O=C(O)C/C=C\CCCCCCCCO. The number of unbranched alkanes of at least 4 members (excludes halogenated alkanes) is 6. The van der Waals surface area contributed by atoms with Crippen molar-refractivity contribution >= 4 is 5.97 Å². The van der Waals surface area contributed by atoms with Crippen LogP contribution in [0.15, 0.2) is 12.2 Å². The summed E-state index contributed by atoms with van der Waals surface area (Å²) in [5.74, 6) is -0.768. The van der Waals surface area contributed by atoms with Crippen molar-refractivity contribution in [3.05, 3.63) is 12.2 Å². The second-order valence-corrected chi connectivity index (χ2v) is 3.70. The summed E-state index contributed by atoms with van der Waals surface area (Å²) in [7, 11) is 0. The first-order chi connectivity index (χ1) is 7.27. The van der Waals surface area contributed by atoms with E-state index in [0.717, 1.165) is 25.7 Å². The zero-order chi connectivity index (χ0) is 11.4. The molecule has 0 aromatic heterocycles. The molecular weight excluding hydrogens is 192 g/mol. The maximum Gasteiger partial charge on any atom is 0.307 e. The van der Waals surface area contributed by atoms with Crippen molar-refractivity contribution in [2.75, 3.05) is 6.61 Å². The first-order valence-electron chi connectivity index (χ1n) is 5.75. The molecule has 0 fully saturated rings. The van der Waals surface area contributed by atoms with E-state index in [-0.39, 0.29) is 6.42 Å². The molecule has 0 radical (unpaired) electrons. The van der Waals surface area contributed by atoms with Gasteiger partial charge in [-0.2, -0.15) is 0 Å². The van der Waals surface area contributed by atoms with Crippen LogP contribution in [0, 0.1) is 0 Å². The quantitative estimate of drug-likeness (QED) is 0.434. The third-order valence-corrected chi connectivity index (χ3v) is 2.24. The van der Waals surface area contributed by atoms with Gasteiger partial charge in [0.25, 0.3) is 0 Å². The molecule has 2 N–H and O–H groups in total. The van der Waals surface area contributed by atoms with Crippen LogP contribution >= 0.6 is 0 Å². The molecule has 0 atom stereocenters. The Hall–Kier alpha value is -0.830. The predicted molar refractivity (Wildman–Crippen MR) is 60.8 cm³/mol. The van der Waals surface area contributed by atoms with E-state index in [1.807, 2.05) is 6.08 Å². The van der Waals surface area contributed by atoms with E-state index in [1.165, 1.54) is 19.3 Å². The van der Waals surface area contributed by atoms with E-state index in [9.17, 15) is 4.79 Å². The van der Waals surface area contributed by atoms with Gasteiger partial charge in [-0.25, -0.2) is 0 Å². The number of allylic oxidation sites excluding steroid dienone is 1. The fourth-order valence-corrected chi connectivity index (χ4v) is 1.38. The summed E-state index contributed by atoms with van der Waals surface area (Å²) in [5, 5.41) is 16.9. The van der Waals surface area contributed by atoms with Crippen LogP contribution in [0.3, 0.4) is 0 Å². The van der Waals surface area contributed by atoms with Gasteiger partial charge >= 0.3 is 5.97 Å². The molecule has 15 heavy (non-hydrogen) atoms. The molecular formula is C12H22O3. The molecule has 0 amide bonds. The maximum absolute atomic E-state index is 10.2. The minimum Gasteiger partial charge on any atom is -0.481 e. The van der Waals surface area contributed by atoms with Crippen LogP contribution in [-0.4, -0.2) is 22.8 Å². The van der Waals surface area contributed by atoms with Gasteiger partial charge < -0.3 is 10.2 Å². The van der Waals surface area contributed by atoms with Crippen LogP contribution in [0.25, 0.3) is 0 Å². The molecule has 0 unspecified atom stereocenters. The van der Waals surface area contributed by atoms with Crippen molar-refractivity contribution in [3.63, 3.8) is 0 Å². The zero-order valence-corrected chi connectivity index (χ0v) is 9.32. The summed E-state index contributed by atoms with van der Waals surface area (Å²) in [6, 6.07) is 0. The normalized spacial score (nSPS) is 11.0. The minimum atomic E-state index is -0.768. The molecule has 0 aromatic carbocycles. The average molecular weight is 214 g/mol. The van der Waals surface area contributed by atoms with Crippen LogP contribution in [-0.2, 0) is 4.79 Å². The molecule has 0 aliphatic heterocycles. The van der Waals surface area contributed by atoms with Crippen molar-refractivity contribution in [2.24, 2.45) is 0 Å². The van der Waals surface area contributed by atoms with Gasteiger partial charge in [-0.05, 0) is 19.3 Å². The number of carboxylic acid groups (broad SMARTS) is 1. The third kappa shape index (κ3) is 13.2. The van der Waals surface area contributed by atoms with Crippen LogP contribution in [0.1, 0.15) is 51.4 Å². The van der Waals surface area contributed by atoms with Crippen molar-refractivity contribution in [1.82, 2.24) is 0 Å². The minimum absolute atomic E-state index is 0.135. The summed E-state index contributed by atoms with van der Waals surface area (Å²) >= 11 is 0. The Labute approximate surface area is 91.8 Å². The van der Waals surface area contributed by atoms with Gasteiger partial charge in [-0.3, -0.25) is 4.79 Å². The van der Waals surface area contributed by atoms with Crippen molar-refractivity contribution in [1.29, 1.82) is 0 Å². The zero-order valence-electron chi connectivity index (χ0n) is 9.32. The van der Waals surface area contributed by atoms with Gasteiger partial charge in [0.2, 0.25) is 0 Å². The van der Waals surface area contributed by atoms with E-state index in [0.29, 0.717) is 6.61 Å². The Kier molecular flexibility index (Phi) is 10.6. The molecule has 0 bridgehead atoms. The van der Waals surface area contributed by atoms with Gasteiger partial charge in [0.1, 0.15) is 0 Å². The Balaban J connectivity index is 3.04. The topological polar surface area (TPSA) is 57.5 Å². The molecule has 3 heteroatoms. The van der Waals surface area contributed by atoms with E-state index in [1.54, 1.807) is 6.08 Å². The number of carboxylic acids is 1. The van der Waals surface area contributed by atoms with E-state index < -0.39 is 5.97 Å². The van der Waals surface area contributed by atoms with E-state index in [2.05, 4.69) is 0 Å². The molecule has 0 spiro atoms. The van der Waals surface area contributed by atoms with E-state index >= 15 is 0 Å². The molecule has 3 nitrogen and oxygen atoms in total. The Bertz CT molecular complexity index is 176. The number of hydrogen-bond acceptors (Lipinski definition) is 2. The highest BCUT2D eigenvalue weighted by atomic mass is 16.4. The molecule has 88 valence electrons. The first-order valence-corrected chi connectivity index (χ1v) is 5.75. The second kappa shape index (κ2) is 11.2. The lowest BCUT2D eigenvalue weighted by Gasteiger charge is -1.98. The molecule has 0 saturated carbocycles. The van der Waals surface area contributed by atoms with Crippen LogP contribution in [0.4, 0.5) is 0 Å². The summed E-state index contributed by atoms with van der Waals surface area (Å²) in [4.78, 5) is 10.2. The molecule has 0 saturated heterocycles. The van der Waals surface area contributed by atoms with E-state index in [4.69, 9.17) is 10.2 Å². The third-order valence-electron chi connectivity index (χ3n) is 2.24. The summed E-state index contributed by atoms with van der Waals surface area (Å²) in [5.41, 5.74) is 0. The van der Waals surface area contributed by atoms with Crippen molar-refractivity contribution in [2.45, 2.75) is 51.4 Å². The highest BCUT2D eigenvalue weighted by molar-refractivity contribution is 5.68.